The average Bonchev–Trinajstić information content (AvgIpc) is 2.16. The van der Waals surface area contributed by atoms with Gasteiger partial charge >= 0.3 is 0 Å². The Hall–Kier alpha value is -0.870. The molecule has 1 unspecified atom stereocenters. The van der Waals surface area contributed by atoms with Crippen LogP contribution in [0.2, 0.25) is 5.02 Å². The molecule has 16 heavy (non-hydrogen) atoms. The van der Waals surface area contributed by atoms with Gasteiger partial charge < -0.3 is 4.79 Å². The van der Waals surface area contributed by atoms with Crippen molar-refractivity contribution in [1.29, 1.82) is 0 Å². The Balaban J connectivity index is 3.41. The van der Waals surface area contributed by atoms with Crippen LogP contribution in [0.4, 0.5) is 0 Å². The zero-order chi connectivity index (χ0) is 12.3. The second-order valence-electron chi connectivity index (χ2n) is 3.73. The SMILES string of the molecule is CC(CC=O)c1c(Cl)cccc1S(C)(=O)=O. The number of hydrogen-bond acceptors (Lipinski definition) is 3. The molecule has 0 aliphatic carbocycles. The highest BCUT2D eigenvalue weighted by molar-refractivity contribution is 7.90. The normalized spacial score (nSPS) is 13.4. The molecule has 0 aliphatic heterocycles. The number of carbonyl (C=O) groups is 1. The summed E-state index contributed by atoms with van der Waals surface area (Å²) < 4.78 is 23.1. The predicted molar refractivity (Wildman–Crippen MR) is 63.7 cm³/mol. The first-order valence-electron chi connectivity index (χ1n) is 4.80. The van der Waals surface area contributed by atoms with E-state index in [2.05, 4.69) is 0 Å². The molecule has 5 heteroatoms. The summed E-state index contributed by atoms with van der Waals surface area (Å²) in [7, 11) is -3.32. The van der Waals surface area contributed by atoms with Gasteiger partial charge in [0.2, 0.25) is 0 Å². The quantitative estimate of drug-likeness (QED) is 0.782. The van der Waals surface area contributed by atoms with Gasteiger partial charge in [-0.3, -0.25) is 0 Å². The standard InChI is InChI=1S/C11H13ClO3S/c1-8(6-7-13)11-9(12)4-3-5-10(11)16(2,14)15/h3-5,7-8H,6H2,1-2H3. The minimum Gasteiger partial charge on any atom is -0.303 e. The lowest BCUT2D eigenvalue weighted by molar-refractivity contribution is -0.108. The van der Waals surface area contributed by atoms with E-state index in [1.807, 2.05) is 0 Å². The molecule has 0 amide bonds. The van der Waals surface area contributed by atoms with Crippen LogP contribution in [0.3, 0.4) is 0 Å². The predicted octanol–water partition coefficient (Wildman–Crippen LogP) is 2.44. The Labute approximate surface area is 100 Å². The summed E-state index contributed by atoms with van der Waals surface area (Å²) >= 11 is 5.99. The van der Waals surface area contributed by atoms with Crippen LogP contribution in [-0.4, -0.2) is 21.0 Å². The summed E-state index contributed by atoms with van der Waals surface area (Å²) in [5.41, 5.74) is 0.527. The van der Waals surface area contributed by atoms with E-state index in [9.17, 15) is 13.2 Å². The van der Waals surface area contributed by atoms with E-state index in [1.54, 1.807) is 19.1 Å². The number of hydrogen-bond donors (Lipinski definition) is 0. The number of rotatable bonds is 4. The average molecular weight is 261 g/mol. The number of aldehydes is 1. The molecule has 0 heterocycles. The van der Waals surface area contributed by atoms with E-state index in [0.717, 1.165) is 12.5 Å². The Morgan fingerprint density at radius 1 is 1.44 bits per heavy atom. The maximum absolute atomic E-state index is 11.6. The molecule has 0 aliphatic rings. The van der Waals surface area contributed by atoms with Crippen molar-refractivity contribution < 1.29 is 13.2 Å². The smallest absolute Gasteiger partial charge is 0.175 e. The maximum atomic E-state index is 11.6. The lowest BCUT2D eigenvalue weighted by Crippen LogP contribution is -2.06. The van der Waals surface area contributed by atoms with Crippen LogP contribution in [0.15, 0.2) is 23.1 Å². The van der Waals surface area contributed by atoms with Gasteiger partial charge in [0, 0.05) is 17.7 Å². The molecule has 0 radical (unpaired) electrons. The highest BCUT2D eigenvalue weighted by Crippen LogP contribution is 2.32. The first kappa shape index (κ1) is 13.2. The van der Waals surface area contributed by atoms with Gasteiger partial charge in [0.1, 0.15) is 6.29 Å². The van der Waals surface area contributed by atoms with E-state index in [-0.39, 0.29) is 17.2 Å². The summed E-state index contributed by atoms with van der Waals surface area (Å²) in [6, 6.07) is 4.74. The molecule has 0 bridgehead atoms. The van der Waals surface area contributed by atoms with E-state index < -0.39 is 9.84 Å². The summed E-state index contributed by atoms with van der Waals surface area (Å²) in [5, 5.41) is 0.386. The summed E-state index contributed by atoms with van der Waals surface area (Å²) in [4.78, 5) is 10.7. The zero-order valence-corrected chi connectivity index (χ0v) is 10.7. The van der Waals surface area contributed by atoms with Crippen LogP contribution in [0.25, 0.3) is 0 Å². The van der Waals surface area contributed by atoms with Crippen LogP contribution >= 0.6 is 11.6 Å². The van der Waals surface area contributed by atoms with Crippen molar-refractivity contribution in [1.82, 2.24) is 0 Å². The van der Waals surface area contributed by atoms with E-state index in [1.165, 1.54) is 6.07 Å². The van der Waals surface area contributed by atoms with Crippen LogP contribution in [-0.2, 0) is 14.6 Å². The number of sulfone groups is 1. The molecule has 1 aromatic rings. The largest absolute Gasteiger partial charge is 0.303 e. The first-order valence-corrected chi connectivity index (χ1v) is 7.07. The van der Waals surface area contributed by atoms with Gasteiger partial charge in [-0.1, -0.05) is 24.6 Å². The molecule has 0 saturated heterocycles. The minimum absolute atomic E-state index is 0.198. The molecule has 1 rings (SSSR count). The van der Waals surface area contributed by atoms with Gasteiger partial charge in [-0.25, -0.2) is 8.42 Å². The van der Waals surface area contributed by atoms with Gasteiger partial charge in [0.05, 0.1) is 4.90 Å². The fourth-order valence-electron chi connectivity index (χ4n) is 1.58. The third kappa shape index (κ3) is 2.83. The summed E-state index contributed by atoms with van der Waals surface area (Å²) in [5.74, 6) is -0.198. The molecule has 0 N–H and O–H groups in total. The molecular weight excluding hydrogens is 248 g/mol. The highest BCUT2D eigenvalue weighted by atomic mass is 35.5. The highest BCUT2D eigenvalue weighted by Gasteiger charge is 2.20. The third-order valence-corrected chi connectivity index (χ3v) is 3.84. The molecule has 0 fully saturated rings. The van der Waals surface area contributed by atoms with E-state index in [4.69, 9.17) is 11.6 Å². The first-order chi connectivity index (χ1) is 7.38. The van der Waals surface area contributed by atoms with Crippen LogP contribution in [0.5, 0.6) is 0 Å². The fourth-order valence-corrected chi connectivity index (χ4v) is 3.03. The van der Waals surface area contributed by atoms with Crippen LogP contribution in [0.1, 0.15) is 24.8 Å². The molecule has 1 atom stereocenters. The summed E-state index contributed by atoms with van der Waals surface area (Å²) in [6.45, 7) is 1.78. The van der Waals surface area contributed by atoms with Crippen molar-refractivity contribution in [3.05, 3.63) is 28.8 Å². The second kappa shape index (κ2) is 4.97. The second-order valence-corrected chi connectivity index (χ2v) is 6.12. The molecule has 0 saturated carbocycles. The van der Waals surface area contributed by atoms with Gasteiger partial charge in [0.15, 0.2) is 9.84 Å². The Morgan fingerprint density at radius 3 is 2.56 bits per heavy atom. The molecule has 3 nitrogen and oxygen atoms in total. The van der Waals surface area contributed by atoms with Crippen LogP contribution < -0.4 is 0 Å². The molecule has 0 spiro atoms. The van der Waals surface area contributed by atoms with E-state index >= 15 is 0 Å². The lowest BCUT2D eigenvalue weighted by Gasteiger charge is -2.14. The van der Waals surface area contributed by atoms with Crippen molar-refractivity contribution >= 4 is 27.7 Å². The third-order valence-electron chi connectivity index (χ3n) is 2.35. The fraction of sp³-hybridized carbons (Fsp3) is 0.364. The number of halogens is 1. The van der Waals surface area contributed by atoms with Crippen molar-refractivity contribution in [3.63, 3.8) is 0 Å². The Bertz CT molecular complexity index is 494. The Kier molecular flexibility index (Phi) is 4.10. The molecule has 1 aromatic carbocycles. The Morgan fingerprint density at radius 2 is 2.06 bits per heavy atom. The van der Waals surface area contributed by atoms with Gasteiger partial charge in [-0.2, -0.15) is 0 Å². The lowest BCUT2D eigenvalue weighted by atomic mass is 9.98. The van der Waals surface area contributed by atoms with Crippen molar-refractivity contribution in [2.24, 2.45) is 0 Å². The van der Waals surface area contributed by atoms with Gasteiger partial charge in [-0.05, 0) is 23.6 Å². The number of benzene rings is 1. The van der Waals surface area contributed by atoms with Gasteiger partial charge in [-0.15, -0.1) is 0 Å². The van der Waals surface area contributed by atoms with Crippen molar-refractivity contribution in [3.8, 4) is 0 Å². The number of carbonyl (C=O) groups excluding carboxylic acids is 1. The monoisotopic (exact) mass is 260 g/mol. The molecular formula is C11H13ClO3S. The zero-order valence-electron chi connectivity index (χ0n) is 9.10. The molecule has 0 aromatic heterocycles. The van der Waals surface area contributed by atoms with Crippen LogP contribution in [0, 0.1) is 0 Å². The van der Waals surface area contributed by atoms with Crippen molar-refractivity contribution in [2.45, 2.75) is 24.2 Å². The van der Waals surface area contributed by atoms with Crippen molar-refractivity contribution in [2.75, 3.05) is 6.26 Å². The van der Waals surface area contributed by atoms with Gasteiger partial charge in [0.25, 0.3) is 0 Å². The molecule has 88 valence electrons. The minimum atomic E-state index is -3.32. The van der Waals surface area contributed by atoms with E-state index in [0.29, 0.717) is 10.6 Å². The summed E-state index contributed by atoms with van der Waals surface area (Å²) in [6.07, 6.45) is 2.15. The maximum Gasteiger partial charge on any atom is 0.175 e. The topological polar surface area (TPSA) is 51.2 Å².